The molecule has 0 bridgehead atoms. The fraction of sp³-hybridized carbons (Fsp3) is 0.0667. The van der Waals surface area contributed by atoms with E-state index in [1.165, 1.54) is 6.21 Å². The van der Waals surface area contributed by atoms with Crippen LogP contribution in [-0.4, -0.2) is 17.2 Å². The van der Waals surface area contributed by atoms with Gasteiger partial charge in [-0.1, -0.05) is 46.3 Å². The predicted molar refractivity (Wildman–Crippen MR) is 89.4 cm³/mol. The molecule has 0 saturated heterocycles. The van der Waals surface area contributed by atoms with E-state index in [2.05, 4.69) is 42.4 Å². The van der Waals surface area contributed by atoms with Gasteiger partial charge in [0.2, 0.25) is 5.91 Å². The Hall–Kier alpha value is -1.66. The third-order valence-electron chi connectivity index (χ3n) is 2.66. The number of amides is 1. The van der Waals surface area contributed by atoms with E-state index >= 15 is 0 Å². The molecule has 0 saturated carbocycles. The van der Waals surface area contributed by atoms with Crippen LogP contribution in [0.2, 0.25) is 0 Å². The molecule has 1 amide bonds. The highest BCUT2D eigenvalue weighted by molar-refractivity contribution is 9.11. The number of nitrogens with zero attached hydrogens (tertiary/aromatic N) is 1. The molecule has 0 aliphatic carbocycles. The summed E-state index contributed by atoms with van der Waals surface area (Å²) in [6, 6.07) is 12.8. The molecule has 0 unspecified atom stereocenters. The van der Waals surface area contributed by atoms with Crippen molar-refractivity contribution in [1.29, 1.82) is 0 Å². The third kappa shape index (κ3) is 4.68. The second-order valence-corrected chi connectivity index (χ2v) is 6.05. The van der Waals surface area contributed by atoms with Gasteiger partial charge in [-0.25, -0.2) is 5.43 Å². The second kappa shape index (κ2) is 7.38. The number of carbonyl (C=O) groups is 1. The van der Waals surface area contributed by atoms with E-state index < -0.39 is 0 Å². The minimum absolute atomic E-state index is 0.0688. The van der Waals surface area contributed by atoms with Gasteiger partial charge < -0.3 is 5.11 Å². The van der Waals surface area contributed by atoms with Crippen LogP contribution >= 0.6 is 31.9 Å². The Morgan fingerprint density at radius 3 is 2.67 bits per heavy atom. The Morgan fingerprint density at radius 2 is 1.95 bits per heavy atom. The van der Waals surface area contributed by atoms with Gasteiger partial charge in [0.15, 0.2) is 0 Å². The number of phenols is 1. The standard InChI is InChI=1S/C15H12Br2N2O2/c16-12-7-11(15(21)13(17)8-12)9-18-19-14(20)6-10-4-2-1-3-5-10/h1-5,7-9,21H,6H2,(H,19,20)/b18-9-. The number of aromatic hydroxyl groups is 1. The fourth-order valence-electron chi connectivity index (χ4n) is 1.68. The minimum Gasteiger partial charge on any atom is -0.506 e. The minimum atomic E-state index is -0.217. The van der Waals surface area contributed by atoms with Crippen LogP contribution in [0.5, 0.6) is 5.75 Å². The molecule has 0 heterocycles. The maximum Gasteiger partial charge on any atom is 0.244 e. The summed E-state index contributed by atoms with van der Waals surface area (Å²) in [5.41, 5.74) is 3.85. The number of hydrazone groups is 1. The molecule has 2 aromatic carbocycles. The van der Waals surface area contributed by atoms with E-state index in [0.29, 0.717) is 10.0 Å². The Bertz CT molecular complexity index is 673. The number of hydrogen-bond donors (Lipinski definition) is 2. The highest BCUT2D eigenvalue weighted by atomic mass is 79.9. The zero-order chi connectivity index (χ0) is 15.2. The molecule has 0 spiro atoms. The maximum atomic E-state index is 11.7. The van der Waals surface area contributed by atoms with Gasteiger partial charge in [0, 0.05) is 10.0 Å². The molecular formula is C15H12Br2N2O2. The van der Waals surface area contributed by atoms with Crippen molar-refractivity contribution >= 4 is 44.0 Å². The number of nitrogens with one attached hydrogen (secondary N) is 1. The lowest BCUT2D eigenvalue weighted by atomic mass is 10.1. The molecule has 0 aliphatic heterocycles. The van der Waals surface area contributed by atoms with Crippen LogP contribution in [0.25, 0.3) is 0 Å². The highest BCUT2D eigenvalue weighted by Gasteiger charge is 2.06. The topological polar surface area (TPSA) is 61.7 Å². The van der Waals surface area contributed by atoms with Gasteiger partial charge in [-0.05, 0) is 33.6 Å². The van der Waals surface area contributed by atoms with Gasteiger partial charge in [0.05, 0.1) is 17.1 Å². The van der Waals surface area contributed by atoms with Crippen molar-refractivity contribution in [1.82, 2.24) is 5.43 Å². The van der Waals surface area contributed by atoms with E-state index in [4.69, 9.17) is 0 Å². The van der Waals surface area contributed by atoms with Crippen molar-refractivity contribution in [3.8, 4) is 5.75 Å². The van der Waals surface area contributed by atoms with E-state index in [1.807, 2.05) is 30.3 Å². The molecule has 0 atom stereocenters. The van der Waals surface area contributed by atoms with Crippen molar-refractivity contribution in [3.05, 3.63) is 62.5 Å². The molecule has 0 aromatic heterocycles. The number of phenolic OH excluding ortho intramolecular Hbond substituents is 1. The first-order valence-corrected chi connectivity index (χ1v) is 7.68. The van der Waals surface area contributed by atoms with Crippen LogP contribution in [0, 0.1) is 0 Å². The molecular weight excluding hydrogens is 400 g/mol. The van der Waals surface area contributed by atoms with Gasteiger partial charge >= 0.3 is 0 Å². The summed E-state index contributed by atoms with van der Waals surface area (Å²) in [7, 11) is 0. The molecule has 108 valence electrons. The van der Waals surface area contributed by atoms with Crippen molar-refractivity contribution < 1.29 is 9.90 Å². The molecule has 2 rings (SSSR count). The van der Waals surface area contributed by atoms with Crippen molar-refractivity contribution in [2.45, 2.75) is 6.42 Å². The summed E-state index contributed by atoms with van der Waals surface area (Å²) in [4.78, 5) is 11.7. The first kappa shape index (κ1) is 15.7. The molecule has 21 heavy (non-hydrogen) atoms. The average molecular weight is 412 g/mol. The summed E-state index contributed by atoms with van der Waals surface area (Å²) in [6.07, 6.45) is 1.65. The second-order valence-electron chi connectivity index (χ2n) is 4.28. The SMILES string of the molecule is O=C(Cc1ccccc1)N/N=C\c1cc(Br)cc(Br)c1O. The Morgan fingerprint density at radius 1 is 1.24 bits per heavy atom. The lowest BCUT2D eigenvalue weighted by molar-refractivity contribution is -0.120. The van der Waals surface area contributed by atoms with Gasteiger partial charge in [-0.2, -0.15) is 5.10 Å². The number of carbonyl (C=O) groups excluding carboxylic acids is 1. The summed E-state index contributed by atoms with van der Waals surface area (Å²) in [5.74, 6) is -0.148. The van der Waals surface area contributed by atoms with Crippen molar-refractivity contribution in [3.63, 3.8) is 0 Å². The quantitative estimate of drug-likeness (QED) is 0.596. The summed E-state index contributed by atoms with van der Waals surface area (Å²) in [6.45, 7) is 0. The van der Waals surface area contributed by atoms with Crippen LogP contribution in [-0.2, 0) is 11.2 Å². The number of halogens is 2. The largest absolute Gasteiger partial charge is 0.506 e. The molecule has 0 aliphatic rings. The molecule has 0 fully saturated rings. The maximum absolute atomic E-state index is 11.7. The molecule has 2 aromatic rings. The van der Waals surface area contributed by atoms with E-state index in [-0.39, 0.29) is 18.1 Å². The van der Waals surface area contributed by atoms with Crippen LogP contribution < -0.4 is 5.43 Å². The summed E-state index contributed by atoms with van der Waals surface area (Å²) < 4.78 is 1.35. The lowest BCUT2D eigenvalue weighted by Crippen LogP contribution is -2.19. The van der Waals surface area contributed by atoms with Gasteiger partial charge in [-0.15, -0.1) is 0 Å². The average Bonchev–Trinajstić information content (AvgIpc) is 2.45. The van der Waals surface area contributed by atoms with E-state index in [9.17, 15) is 9.90 Å². The van der Waals surface area contributed by atoms with E-state index in [1.54, 1.807) is 12.1 Å². The zero-order valence-corrected chi connectivity index (χ0v) is 14.1. The summed E-state index contributed by atoms with van der Waals surface area (Å²) >= 11 is 6.56. The molecule has 4 nitrogen and oxygen atoms in total. The first-order valence-electron chi connectivity index (χ1n) is 6.10. The zero-order valence-electron chi connectivity index (χ0n) is 10.9. The Balaban J connectivity index is 1.98. The van der Waals surface area contributed by atoms with Crippen LogP contribution in [0.4, 0.5) is 0 Å². The predicted octanol–water partition coefficient (Wildman–Crippen LogP) is 3.61. The molecule has 6 heteroatoms. The summed E-state index contributed by atoms with van der Waals surface area (Å²) in [5, 5.41) is 13.7. The first-order chi connectivity index (χ1) is 10.1. The fourth-order valence-corrected chi connectivity index (χ4v) is 2.94. The van der Waals surface area contributed by atoms with Gasteiger partial charge in [0.1, 0.15) is 5.75 Å². The number of benzene rings is 2. The van der Waals surface area contributed by atoms with Crippen LogP contribution in [0.1, 0.15) is 11.1 Å². The van der Waals surface area contributed by atoms with Crippen molar-refractivity contribution in [2.75, 3.05) is 0 Å². The highest BCUT2D eigenvalue weighted by Crippen LogP contribution is 2.30. The lowest BCUT2D eigenvalue weighted by Gasteiger charge is -2.03. The molecule has 2 N–H and O–H groups in total. The van der Waals surface area contributed by atoms with Crippen molar-refractivity contribution in [2.24, 2.45) is 5.10 Å². The third-order valence-corrected chi connectivity index (χ3v) is 3.72. The Labute approximate surface area is 139 Å². The number of hydrogen-bond acceptors (Lipinski definition) is 3. The smallest absolute Gasteiger partial charge is 0.244 e. The molecule has 0 radical (unpaired) electrons. The van der Waals surface area contributed by atoms with Crippen LogP contribution in [0.15, 0.2) is 56.5 Å². The normalized spacial score (nSPS) is 10.8. The number of rotatable bonds is 4. The van der Waals surface area contributed by atoms with Crippen LogP contribution in [0.3, 0.4) is 0 Å². The van der Waals surface area contributed by atoms with E-state index in [0.717, 1.165) is 10.0 Å². The van der Waals surface area contributed by atoms with Gasteiger partial charge in [-0.3, -0.25) is 4.79 Å². The Kier molecular flexibility index (Phi) is 5.52. The van der Waals surface area contributed by atoms with Gasteiger partial charge in [0.25, 0.3) is 0 Å². The monoisotopic (exact) mass is 410 g/mol.